The van der Waals surface area contributed by atoms with Gasteiger partial charge >= 0.3 is 0 Å². The third-order valence-electron chi connectivity index (χ3n) is 3.63. The lowest BCUT2D eigenvalue weighted by atomic mass is 10.1. The van der Waals surface area contributed by atoms with Crippen molar-refractivity contribution >= 4 is 41.3 Å². The van der Waals surface area contributed by atoms with E-state index in [0.717, 1.165) is 37.6 Å². The second-order valence-electron chi connectivity index (χ2n) is 5.95. The predicted molar refractivity (Wildman–Crippen MR) is 119 cm³/mol. The highest BCUT2D eigenvalue weighted by Gasteiger charge is 2.02. The van der Waals surface area contributed by atoms with Crippen molar-refractivity contribution in [3.05, 3.63) is 51.0 Å². The molecule has 0 bridgehead atoms. The van der Waals surface area contributed by atoms with E-state index in [9.17, 15) is 0 Å². The second-order valence-corrected chi connectivity index (χ2v) is 6.90. The first-order valence-electron chi connectivity index (χ1n) is 8.63. The summed E-state index contributed by atoms with van der Waals surface area (Å²) in [6.45, 7) is 10.8. The highest BCUT2D eigenvalue weighted by atomic mass is 127. The van der Waals surface area contributed by atoms with Gasteiger partial charge in [0.2, 0.25) is 0 Å². The largest absolute Gasteiger partial charge is 0.357 e. The summed E-state index contributed by atoms with van der Waals surface area (Å²) in [4.78, 5) is 9.20. The summed E-state index contributed by atoms with van der Waals surface area (Å²) < 4.78 is 0. The molecule has 0 atom stereocenters. The summed E-state index contributed by atoms with van der Waals surface area (Å²) in [7, 11) is 0. The Kier molecular flexibility index (Phi) is 10.0. The molecule has 0 radical (unpaired) electrons. The third kappa shape index (κ3) is 7.73. The summed E-state index contributed by atoms with van der Waals surface area (Å²) in [5.41, 5.74) is 5.05. The number of hydrogen-bond donors (Lipinski definition) is 2. The Morgan fingerprint density at radius 3 is 2.44 bits per heavy atom. The zero-order chi connectivity index (χ0) is 17.4. The molecule has 2 N–H and O–H groups in total. The van der Waals surface area contributed by atoms with Crippen LogP contribution in [0.1, 0.15) is 41.2 Å². The van der Waals surface area contributed by atoms with Crippen LogP contribution in [0.3, 0.4) is 0 Å². The number of nitrogens with one attached hydrogen (secondary N) is 2. The average molecular weight is 472 g/mol. The Hall–Kier alpha value is -1.15. The molecule has 0 saturated carbocycles. The van der Waals surface area contributed by atoms with Crippen LogP contribution in [0.4, 0.5) is 0 Å². The van der Waals surface area contributed by atoms with E-state index in [1.165, 1.54) is 21.7 Å². The van der Waals surface area contributed by atoms with Crippen LogP contribution in [-0.2, 0) is 19.4 Å². The quantitative estimate of drug-likeness (QED) is 0.360. The molecule has 6 heteroatoms. The zero-order valence-electron chi connectivity index (χ0n) is 15.6. The maximum absolute atomic E-state index is 4.64. The van der Waals surface area contributed by atoms with Crippen molar-refractivity contribution in [2.45, 2.75) is 47.1 Å². The molecular formula is C19H29IN4S. The molecule has 2 aromatic rings. The van der Waals surface area contributed by atoms with Gasteiger partial charge in [0.15, 0.2) is 5.96 Å². The molecule has 1 heterocycles. The van der Waals surface area contributed by atoms with Crippen LogP contribution in [0.2, 0.25) is 0 Å². The maximum Gasteiger partial charge on any atom is 0.191 e. The average Bonchev–Trinajstić information content (AvgIpc) is 3.00. The molecular weight excluding hydrogens is 443 g/mol. The highest BCUT2D eigenvalue weighted by Crippen LogP contribution is 2.11. The van der Waals surface area contributed by atoms with Gasteiger partial charge in [-0.1, -0.05) is 36.2 Å². The summed E-state index contributed by atoms with van der Waals surface area (Å²) in [6.07, 6.45) is 1.98. The molecule has 4 nitrogen and oxygen atoms in total. The first-order chi connectivity index (χ1) is 11.6. The number of hydrogen-bond acceptors (Lipinski definition) is 3. The highest BCUT2D eigenvalue weighted by molar-refractivity contribution is 14.0. The van der Waals surface area contributed by atoms with E-state index >= 15 is 0 Å². The van der Waals surface area contributed by atoms with Crippen LogP contribution >= 0.6 is 35.3 Å². The Balaban J connectivity index is 0.00000312. The lowest BCUT2D eigenvalue weighted by Crippen LogP contribution is -2.38. The van der Waals surface area contributed by atoms with Gasteiger partial charge in [0.05, 0.1) is 17.2 Å². The minimum Gasteiger partial charge on any atom is -0.357 e. The number of halogens is 1. The van der Waals surface area contributed by atoms with Crippen LogP contribution in [0, 0.1) is 13.8 Å². The van der Waals surface area contributed by atoms with Gasteiger partial charge < -0.3 is 10.6 Å². The van der Waals surface area contributed by atoms with Gasteiger partial charge in [0, 0.05) is 18.5 Å². The van der Waals surface area contributed by atoms with E-state index in [4.69, 9.17) is 0 Å². The fourth-order valence-electron chi connectivity index (χ4n) is 2.62. The normalized spacial score (nSPS) is 11.1. The topological polar surface area (TPSA) is 49.3 Å². The summed E-state index contributed by atoms with van der Waals surface area (Å²) in [5.74, 6) is 0.855. The van der Waals surface area contributed by atoms with Crippen molar-refractivity contribution < 1.29 is 0 Å². The monoisotopic (exact) mass is 472 g/mol. The van der Waals surface area contributed by atoms with Crippen LogP contribution in [0.15, 0.2) is 28.6 Å². The van der Waals surface area contributed by atoms with E-state index in [2.05, 4.69) is 71.9 Å². The molecule has 0 unspecified atom stereocenters. The van der Waals surface area contributed by atoms with Gasteiger partial charge in [-0.15, -0.1) is 35.3 Å². The molecule has 0 aliphatic rings. The van der Waals surface area contributed by atoms with Crippen molar-refractivity contribution in [2.24, 2.45) is 4.99 Å². The standard InChI is InChI=1S/C19H28N4S.HI/c1-5-18-23-17(13-24-18)12-22-19(20-6-2)21-8-7-16-10-14(3)9-15(4)11-16;/h9-11,13H,5-8,12H2,1-4H3,(H2,20,21,22);1H. The Bertz CT molecular complexity index is 662. The molecule has 0 amide bonds. The van der Waals surface area contributed by atoms with Gasteiger partial charge in [-0.25, -0.2) is 9.98 Å². The van der Waals surface area contributed by atoms with Crippen LogP contribution < -0.4 is 10.6 Å². The number of aromatic nitrogens is 1. The first-order valence-corrected chi connectivity index (χ1v) is 9.51. The van der Waals surface area contributed by atoms with Crippen molar-refractivity contribution in [1.29, 1.82) is 0 Å². The van der Waals surface area contributed by atoms with Crippen molar-refractivity contribution in [3.63, 3.8) is 0 Å². The molecule has 2 rings (SSSR count). The Morgan fingerprint density at radius 1 is 1.12 bits per heavy atom. The van der Waals surface area contributed by atoms with E-state index in [1.807, 2.05) is 0 Å². The second kappa shape index (κ2) is 11.5. The van der Waals surface area contributed by atoms with E-state index in [-0.39, 0.29) is 24.0 Å². The molecule has 1 aromatic carbocycles. The Morgan fingerprint density at radius 2 is 1.84 bits per heavy atom. The van der Waals surface area contributed by atoms with Gasteiger partial charge in [-0.3, -0.25) is 0 Å². The molecule has 0 saturated heterocycles. The fraction of sp³-hybridized carbons (Fsp3) is 0.474. The van der Waals surface area contributed by atoms with Crippen LogP contribution in [-0.4, -0.2) is 24.0 Å². The Labute approximate surface area is 172 Å². The van der Waals surface area contributed by atoms with E-state index in [0.29, 0.717) is 6.54 Å². The smallest absolute Gasteiger partial charge is 0.191 e. The van der Waals surface area contributed by atoms with E-state index in [1.54, 1.807) is 11.3 Å². The van der Waals surface area contributed by atoms with Crippen molar-refractivity contribution in [1.82, 2.24) is 15.6 Å². The number of aryl methyl sites for hydroxylation is 3. The van der Waals surface area contributed by atoms with E-state index < -0.39 is 0 Å². The molecule has 1 aromatic heterocycles. The fourth-order valence-corrected chi connectivity index (χ4v) is 3.36. The molecule has 0 fully saturated rings. The van der Waals surface area contributed by atoms with Gasteiger partial charge in [-0.2, -0.15) is 0 Å². The minimum absolute atomic E-state index is 0. The lowest BCUT2D eigenvalue weighted by Gasteiger charge is -2.11. The minimum atomic E-state index is 0. The number of nitrogens with zero attached hydrogens (tertiary/aromatic N) is 2. The molecule has 25 heavy (non-hydrogen) atoms. The van der Waals surface area contributed by atoms with Gasteiger partial charge in [0.1, 0.15) is 0 Å². The van der Waals surface area contributed by atoms with Gasteiger partial charge in [-0.05, 0) is 39.2 Å². The molecule has 0 aliphatic heterocycles. The molecule has 0 aliphatic carbocycles. The van der Waals surface area contributed by atoms with Crippen LogP contribution in [0.25, 0.3) is 0 Å². The van der Waals surface area contributed by atoms with Gasteiger partial charge in [0.25, 0.3) is 0 Å². The number of benzene rings is 1. The lowest BCUT2D eigenvalue weighted by molar-refractivity contribution is 0.796. The maximum atomic E-state index is 4.64. The molecule has 0 spiro atoms. The van der Waals surface area contributed by atoms with Crippen LogP contribution in [0.5, 0.6) is 0 Å². The number of guanidine groups is 1. The molecule has 138 valence electrons. The SMILES string of the molecule is CCNC(=NCc1csc(CC)n1)NCCc1cc(C)cc(C)c1.I. The summed E-state index contributed by atoms with van der Waals surface area (Å²) in [6, 6.07) is 6.71. The summed E-state index contributed by atoms with van der Waals surface area (Å²) in [5, 5.41) is 9.98. The van der Waals surface area contributed by atoms with Crippen molar-refractivity contribution in [2.75, 3.05) is 13.1 Å². The summed E-state index contributed by atoms with van der Waals surface area (Å²) >= 11 is 1.71. The number of aliphatic imine (C=N–C) groups is 1. The third-order valence-corrected chi connectivity index (χ3v) is 4.67. The first kappa shape index (κ1) is 21.9. The zero-order valence-corrected chi connectivity index (χ0v) is 18.7. The predicted octanol–water partition coefficient (Wildman–Crippen LogP) is 4.24. The number of rotatable bonds is 7. The van der Waals surface area contributed by atoms with Crippen molar-refractivity contribution in [3.8, 4) is 0 Å². The number of thiazole rings is 1.